The van der Waals surface area contributed by atoms with Gasteiger partial charge >= 0.3 is 0 Å². The number of benzene rings is 2. The van der Waals surface area contributed by atoms with Crippen molar-refractivity contribution in [3.05, 3.63) is 60.2 Å². The molecule has 2 aromatic carbocycles. The Morgan fingerprint density at radius 3 is 2.44 bits per heavy atom. The van der Waals surface area contributed by atoms with Crippen LogP contribution in [0.2, 0.25) is 0 Å². The molecule has 1 aliphatic rings. The predicted molar refractivity (Wildman–Crippen MR) is 102 cm³/mol. The molecule has 0 radical (unpaired) electrons. The van der Waals surface area contributed by atoms with Crippen LogP contribution in [-0.2, 0) is 14.8 Å². The zero-order valence-electron chi connectivity index (χ0n) is 14.6. The van der Waals surface area contributed by atoms with Crippen LogP contribution in [0, 0.1) is 5.92 Å². The van der Waals surface area contributed by atoms with Gasteiger partial charge in [-0.25, -0.2) is 13.1 Å². The zero-order valence-corrected chi connectivity index (χ0v) is 15.5. The number of anilines is 1. The van der Waals surface area contributed by atoms with E-state index in [0.29, 0.717) is 18.2 Å². The monoisotopic (exact) mass is 387 g/mol. The predicted octanol–water partition coefficient (Wildman–Crippen LogP) is 1.74. The summed E-state index contributed by atoms with van der Waals surface area (Å²) in [5, 5.41) is 5.15. The molecule has 0 atom stereocenters. The summed E-state index contributed by atoms with van der Waals surface area (Å²) in [5.41, 5.74) is 0.809. The molecule has 0 aromatic heterocycles. The van der Waals surface area contributed by atoms with E-state index < -0.39 is 15.9 Å². The number of rotatable bonds is 8. The Kier molecular flexibility index (Phi) is 5.88. The lowest BCUT2D eigenvalue weighted by molar-refractivity contribution is -0.115. The number of para-hydroxylation sites is 1. The quantitative estimate of drug-likeness (QED) is 0.642. The zero-order chi connectivity index (χ0) is 19.3. The van der Waals surface area contributed by atoms with Gasteiger partial charge in [-0.1, -0.05) is 24.3 Å². The van der Waals surface area contributed by atoms with Crippen molar-refractivity contribution in [2.24, 2.45) is 5.92 Å². The molecule has 0 heterocycles. The topological polar surface area (TPSA) is 104 Å². The number of carbonyl (C=O) groups excluding carboxylic acids is 2. The molecule has 0 saturated heterocycles. The van der Waals surface area contributed by atoms with Crippen LogP contribution < -0.4 is 15.4 Å². The second kappa shape index (κ2) is 8.32. The van der Waals surface area contributed by atoms with E-state index in [0.717, 1.165) is 12.8 Å². The minimum atomic E-state index is -3.65. The van der Waals surface area contributed by atoms with Gasteiger partial charge in [0.05, 0.1) is 11.4 Å². The van der Waals surface area contributed by atoms with Gasteiger partial charge in [0.1, 0.15) is 0 Å². The Morgan fingerprint density at radius 2 is 1.74 bits per heavy atom. The Morgan fingerprint density at radius 1 is 1.00 bits per heavy atom. The van der Waals surface area contributed by atoms with Crippen LogP contribution in [0.25, 0.3) is 0 Å². The van der Waals surface area contributed by atoms with Crippen molar-refractivity contribution in [2.45, 2.75) is 17.7 Å². The fourth-order valence-electron chi connectivity index (χ4n) is 2.43. The minimum absolute atomic E-state index is 0.0320. The summed E-state index contributed by atoms with van der Waals surface area (Å²) >= 11 is 0. The SMILES string of the molecule is O=C(CNC(=O)c1cccc(S(=O)(=O)NCC2CC2)c1)Nc1ccccc1. The summed E-state index contributed by atoms with van der Waals surface area (Å²) in [6, 6.07) is 14.6. The first-order valence-corrected chi connectivity index (χ1v) is 10.2. The van der Waals surface area contributed by atoms with Gasteiger partial charge in [-0.3, -0.25) is 9.59 Å². The summed E-state index contributed by atoms with van der Waals surface area (Å²) in [4.78, 5) is 24.2. The van der Waals surface area contributed by atoms with Crippen molar-refractivity contribution in [3.63, 3.8) is 0 Å². The highest BCUT2D eigenvalue weighted by atomic mass is 32.2. The van der Waals surface area contributed by atoms with Gasteiger partial charge in [0.15, 0.2) is 0 Å². The number of nitrogens with one attached hydrogen (secondary N) is 3. The largest absolute Gasteiger partial charge is 0.343 e. The van der Waals surface area contributed by atoms with E-state index in [2.05, 4.69) is 15.4 Å². The molecule has 27 heavy (non-hydrogen) atoms. The molecule has 7 nitrogen and oxygen atoms in total. The number of hydrogen-bond donors (Lipinski definition) is 3. The van der Waals surface area contributed by atoms with E-state index in [4.69, 9.17) is 0 Å². The third kappa shape index (κ3) is 5.63. The Hall–Kier alpha value is -2.71. The van der Waals surface area contributed by atoms with Gasteiger partial charge in [0.2, 0.25) is 15.9 Å². The van der Waals surface area contributed by atoms with Gasteiger partial charge < -0.3 is 10.6 Å². The first-order valence-electron chi connectivity index (χ1n) is 8.67. The molecule has 1 fully saturated rings. The van der Waals surface area contributed by atoms with Crippen LogP contribution in [0.3, 0.4) is 0 Å². The Bertz CT molecular complexity index is 925. The molecule has 1 aliphatic carbocycles. The molecule has 3 rings (SSSR count). The fourth-order valence-corrected chi connectivity index (χ4v) is 3.59. The maximum atomic E-state index is 12.3. The van der Waals surface area contributed by atoms with E-state index in [1.165, 1.54) is 24.3 Å². The second-order valence-electron chi connectivity index (χ2n) is 6.42. The minimum Gasteiger partial charge on any atom is -0.343 e. The van der Waals surface area contributed by atoms with Gasteiger partial charge in [-0.15, -0.1) is 0 Å². The molecular formula is C19H21N3O4S. The van der Waals surface area contributed by atoms with Crippen LogP contribution in [0.4, 0.5) is 5.69 Å². The van der Waals surface area contributed by atoms with Crippen LogP contribution in [0.5, 0.6) is 0 Å². The molecule has 0 unspecified atom stereocenters. The average molecular weight is 387 g/mol. The van der Waals surface area contributed by atoms with Gasteiger partial charge in [-0.2, -0.15) is 0 Å². The molecule has 8 heteroatoms. The van der Waals surface area contributed by atoms with Crippen LogP contribution in [-0.4, -0.2) is 33.3 Å². The van der Waals surface area contributed by atoms with Crippen molar-refractivity contribution in [3.8, 4) is 0 Å². The molecule has 142 valence electrons. The smallest absolute Gasteiger partial charge is 0.251 e. The third-order valence-electron chi connectivity index (χ3n) is 4.13. The molecule has 1 saturated carbocycles. The summed E-state index contributed by atoms with van der Waals surface area (Å²) in [7, 11) is -3.65. The summed E-state index contributed by atoms with van der Waals surface area (Å²) in [6.45, 7) is 0.197. The summed E-state index contributed by atoms with van der Waals surface area (Å²) < 4.78 is 27.2. The number of amides is 2. The highest BCUT2D eigenvalue weighted by Gasteiger charge is 2.24. The first-order chi connectivity index (χ1) is 12.9. The molecule has 0 bridgehead atoms. The van der Waals surface area contributed by atoms with Gasteiger partial charge in [0, 0.05) is 17.8 Å². The number of carbonyl (C=O) groups is 2. The Balaban J connectivity index is 1.57. The van der Waals surface area contributed by atoms with Gasteiger partial charge in [-0.05, 0) is 49.1 Å². The lowest BCUT2D eigenvalue weighted by Crippen LogP contribution is -2.33. The van der Waals surface area contributed by atoms with Crippen LogP contribution in [0.1, 0.15) is 23.2 Å². The summed E-state index contributed by atoms with van der Waals surface area (Å²) in [6.07, 6.45) is 2.08. The number of sulfonamides is 1. The van der Waals surface area contributed by atoms with Crippen molar-refractivity contribution in [1.82, 2.24) is 10.0 Å². The van der Waals surface area contributed by atoms with Crippen molar-refractivity contribution in [2.75, 3.05) is 18.4 Å². The van der Waals surface area contributed by atoms with E-state index in [1.54, 1.807) is 24.3 Å². The van der Waals surface area contributed by atoms with E-state index in [9.17, 15) is 18.0 Å². The molecule has 2 amide bonds. The standard InChI is InChI=1S/C19H21N3O4S/c23-18(22-16-6-2-1-3-7-16)13-20-19(24)15-5-4-8-17(11-15)27(25,26)21-12-14-9-10-14/h1-8,11,14,21H,9-10,12-13H2,(H,20,24)(H,22,23). The van der Waals surface area contributed by atoms with E-state index in [1.807, 2.05) is 6.07 Å². The lowest BCUT2D eigenvalue weighted by Gasteiger charge is -2.09. The number of hydrogen-bond acceptors (Lipinski definition) is 4. The lowest BCUT2D eigenvalue weighted by atomic mass is 10.2. The van der Waals surface area contributed by atoms with Crippen molar-refractivity contribution < 1.29 is 18.0 Å². The molecule has 2 aromatic rings. The van der Waals surface area contributed by atoms with Crippen LogP contribution in [0.15, 0.2) is 59.5 Å². The maximum Gasteiger partial charge on any atom is 0.251 e. The fraction of sp³-hybridized carbons (Fsp3) is 0.263. The molecule has 0 spiro atoms. The highest BCUT2D eigenvalue weighted by Crippen LogP contribution is 2.28. The third-order valence-corrected chi connectivity index (χ3v) is 5.55. The molecular weight excluding hydrogens is 366 g/mol. The van der Waals surface area contributed by atoms with Crippen LogP contribution >= 0.6 is 0 Å². The van der Waals surface area contributed by atoms with Gasteiger partial charge in [0.25, 0.3) is 5.91 Å². The van der Waals surface area contributed by atoms with E-state index in [-0.39, 0.29) is 22.9 Å². The molecule has 3 N–H and O–H groups in total. The maximum absolute atomic E-state index is 12.3. The van der Waals surface area contributed by atoms with E-state index >= 15 is 0 Å². The first kappa shape index (κ1) is 19.1. The molecule has 0 aliphatic heterocycles. The normalized spacial score (nSPS) is 13.8. The van der Waals surface area contributed by atoms with Crippen molar-refractivity contribution in [1.29, 1.82) is 0 Å². The second-order valence-corrected chi connectivity index (χ2v) is 8.19. The summed E-state index contributed by atoms with van der Waals surface area (Å²) in [5.74, 6) is -0.476. The van der Waals surface area contributed by atoms with Crippen molar-refractivity contribution >= 4 is 27.5 Å². The average Bonchev–Trinajstić information content (AvgIpc) is 3.50. The highest BCUT2D eigenvalue weighted by molar-refractivity contribution is 7.89. The Labute approximate surface area is 158 Å².